The fourth-order valence-corrected chi connectivity index (χ4v) is 1.29. The van der Waals surface area contributed by atoms with Gasteiger partial charge in [-0.25, -0.2) is 9.59 Å². The summed E-state index contributed by atoms with van der Waals surface area (Å²) in [5, 5.41) is 0. The molecule has 0 fully saturated rings. The monoisotopic (exact) mass is 249 g/mol. The van der Waals surface area contributed by atoms with Crippen molar-refractivity contribution in [3.05, 3.63) is 36.2 Å². The molecule has 0 unspecified atom stereocenters. The Balaban J connectivity index is 3.03. The van der Waals surface area contributed by atoms with Crippen LogP contribution in [0, 0.1) is 0 Å². The molecular formula is C13H15NO4. The quantitative estimate of drug-likeness (QED) is 0.585. The summed E-state index contributed by atoms with van der Waals surface area (Å²) in [6, 6.07) is 3.35. The number of carbonyl (C=O) groups is 2. The topological polar surface area (TPSA) is 65.5 Å². The number of pyridine rings is 1. The highest BCUT2D eigenvalue weighted by Gasteiger charge is 2.15. The predicted octanol–water partition coefficient (Wildman–Crippen LogP) is 1.59. The number of carbonyl (C=O) groups excluding carboxylic acids is 2. The number of hydrogen-bond donors (Lipinski definition) is 0. The van der Waals surface area contributed by atoms with E-state index >= 15 is 0 Å². The van der Waals surface area contributed by atoms with Crippen molar-refractivity contribution in [3.63, 3.8) is 0 Å². The van der Waals surface area contributed by atoms with Crippen LogP contribution in [0.25, 0.3) is 5.57 Å². The molecule has 1 heterocycles. The first-order chi connectivity index (χ1) is 8.69. The zero-order valence-corrected chi connectivity index (χ0v) is 10.4. The van der Waals surface area contributed by atoms with Gasteiger partial charge in [-0.3, -0.25) is 4.98 Å². The Kier molecular flexibility index (Phi) is 5.57. The van der Waals surface area contributed by atoms with Crippen molar-refractivity contribution in [1.29, 1.82) is 0 Å². The predicted molar refractivity (Wildman–Crippen MR) is 65.5 cm³/mol. The Morgan fingerprint density at radius 2 is 2.00 bits per heavy atom. The summed E-state index contributed by atoms with van der Waals surface area (Å²) in [4.78, 5) is 27.1. The van der Waals surface area contributed by atoms with Gasteiger partial charge in [0.2, 0.25) is 0 Å². The molecule has 96 valence electrons. The highest BCUT2D eigenvalue weighted by molar-refractivity contribution is 6.20. The minimum atomic E-state index is -0.579. The van der Waals surface area contributed by atoms with Gasteiger partial charge in [-0.1, -0.05) is 6.07 Å². The maximum Gasteiger partial charge on any atom is 0.339 e. The van der Waals surface area contributed by atoms with Crippen LogP contribution in [0.3, 0.4) is 0 Å². The molecule has 0 saturated carbocycles. The first-order valence-electron chi connectivity index (χ1n) is 5.65. The number of ether oxygens (including phenoxy) is 2. The molecule has 18 heavy (non-hydrogen) atoms. The van der Waals surface area contributed by atoms with Crippen LogP contribution in [-0.2, 0) is 19.1 Å². The maximum absolute atomic E-state index is 11.8. The van der Waals surface area contributed by atoms with E-state index in [2.05, 4.69) is 4.98 Å². The molecule has 0 bridgehead atoms. The molecular weight excluding hydrogens is 234 g/mol. The lowest BCUT2D eigenvalue weighted by Gasteiger charge is -2.06. The minimum Gasteiger partial charge on any atom is -0.463 e. The van der Waals surface area contributed by atoms with E-state index in [1.807, 2.05) is 0 Å². The molecule has 0 atom stereocenters. The summed E-state index contributed by atoms with van der Waals surface area (Å²) < 4.78 is 9.67. The smallest absolute Gasteiger partial charge is 0.339 e. The maximum atomic E-state index is 11.8. The molecule has 0 saturated heterocycles. The summed E-state index contributed by atoms with van der Waals surface area (Å²) in [5.74, 6) is -1.15. The van der Waals surface area contributed by atoms with Crippen molar-refractivity contribution in [2.75, 3.05) is 13.2 Å². The zero-order chi connectivity index (χ0) is 13.4. The van der Waals surface area contributed by atoms with Crippen LogP contribution in [0.15, 0.2) is 30.6 Å². The van der Waals surface area contributed by atoms with Crippen LogP contribution in [0.1, 0.15) is 19.4 Å². The average molecular weight is 249 g/mol. The Labute approximate surface area is 105 Å². The molecule has 0 aliphatic carbocycles. The van der Waals surface area contributed by atoms with Gasteiger partial charge in [0.05, 0.1) is 18.8 Å². The molecule has 1 rings (SSSR count). The third kappa shape index (κ3) is 4.01. The summed E-state index contributed by atoms with van der Waals surface area (Å²) in [7, 11) is 0. The van der Waals surface area contributed by atoms with Crippen molar-refractivity contribution in [2.45, 2.75) is 13.8 Å². The first-order valence-corrected chi connectivity index (χ1v) is 5.65. The van der Waals surface area contributed by atoms with E-state index in [0.29, 0.717) is 5.56 Å². The van der Waals surface area contributed by atoms with Gasteiger partial charge in [-0.05, 0) is 19.9 Å². The standard InChI is InChI=1S/C13H15NO4/c1-3-17-12(15)8-11(13(16)18-4-2)10-6-5-7-14-9-10/h5-9H,3-4H2,1-2H3/b11-8-. The van der Waals surface area contributed by atoms with Gasteiger partial charge in [-0.2, -0.15) is 0 Å². The van der Waals surface area contributed by atoms with E-state index in [1.165, 1.54) is 6.20 Å². The van der Waals surface area contributed by atoms with E-state index < -0.39 is 11.9 Å². The van der Waals surface area contributed by atoms with Crippen molar-refractivity contribution < 1.29 is 19.1 Å². The number of aromatic nitrogens is 1. The van der Waals surface area contributed by atoms with Crippen molar-refractivity contribution in [2.24, 2.45) is 0 Å². The Morgan fingerprint density at radius 3 is 2.56 bits per heavy atom. The van der Waals surface area contributed by atoms with Gasteiger partial charge in [0, 0.05) is 24.0 Å². The minimum absolute atomic E-state index is 0.142. The first kappa shape index (κ1) is 13.9. The average Bonchev–Trinajstić information content (AvgIpc) is 2.37. The van der Waals surface area contributed by atoms with Gasteiger partial charge in [0.1, 0.15) is 0 Å². The van der Waals surface area contributed by atoms with Crippen LogP contribution >= 0.6 is 0 Å². The van der Waals surface area contributed by atoms with Gasteiger partial charge in [-0.15, -0.1) is 0 Å². The lowest BCUT2D eigenvalue weighted by molar-refractivity contribution is -0.139. The Bertz CT molecular complexity index is 440. The fourth-order valence-electron chi connectivity index (χ4n) is 1.29. The number of esters is 2. The van der Waals surface area contributed by atoms with Gasteiger partial charge in [0.15, 0.2) is 0 Å². The highest BCUT2D eigenvalue weighted by Crippen LogP contribution is 2.15. The molecule has 0 radical (unpaired) electrons. The fraction of sp³-hybridized carbons (Fsp3) is 0.308. The number of hydrogen-bond acceptors (Lipinski definition) is 5. The van der Waals surface area contributed by atoms with Crippen molar-refractivity contribution in [1.82, 2.24) is 4.98 Å². The molecule has 0 aliphatic heterocycles. The molecule has 0 aromatic carbocycles. The second-order valence-electron chi connectivity index (χ2n) is 3.27. The van der Waals surface area contributed by atoms with Crippen LogP contribution < -0.4 is 0 Å². The van der Waals surface area contributed by atoms with E-state index in [-0.39, 0.29) is 18.8 Å². The van der Waals surface area contributed by atoms with Crippen LogP contribution in [0.2, 0.25) is 0 Å². The molecule has 0 spiro atoms. The molecule has 1 aromatic rings. The summed E-state index contributed by atoms with van der Waals surface area (Å²) >= 11 is 0. The molecule has 0 amide bonds. The molecule has 5 heteroatoms. The van der Waals surface area contributed by atoms with Crippen molar-refractivity contribution in [3.8, 4) is 0 Å². The van der Waals surface area contributed by atoms with Crippen LogP contribution in [0.5, 0.6) is 0 Å². The lowest BCUT2D eigenvalue weighted by atomic mass is 10.1. The Hall–Kier alpha value is -2.17. The third-order valence-electron chi connectivity index (χ3n) is 2.02. The second kappa shape index (κ2) is 7.21. The van der Waals surface area contributed by atoms with E-state index in [0.717, 1.165) is 6.08 Å². The van der Waals surface area contributed by atoms with Crippen LogP contribution in [-0.4, -0.2) is 30.1 Å². The van der Waals surface area contributed by atoms with Gasteiger partial charge < -0.3 is 9.47 Å². The van der Waals surface area contributed by atoms with Gasteiger partial charge in [0.25, 0.3) is 0 Å². The SMILES string of the molecule is CCOC(=O)/C=C(\C(=O)OCC)c1cccnc1. The normalized spacial score (nSPS) is 10.9. The number of nitrogens with zero attached hydrogens (tertiary/aromatic N) is 1. The highest BCUT2D eigenvalue weighted by atomic mass is 16.5. The Morgan fingerprint density at radius 1 is 1.28 bits per heavy atom. The summed E-state index contributed by atoms with van der Waals surface area (Å²) in [5.41, 5.74) is 0.660. The van der Waals surface area contributed by atoms with E-state index in [1.54, 1.807) is 32.2 Å². The van der Waals surface area contributed by atoms with Gasteiger partial charge >= 0.3 is 11.9 Å². The summed E-state index contributed by atoms with van der Waals surface area (Å²) in [6.07, 6.45) is 4.19. The molecule has 5 nitrogen and oxygen atoms in total. The largest absolute Gasteiger partial charge is 0.463 e. The molecule has 1 aromatic heterocycles. The third-order valence-corrected chi connectivity index (χ3v) is 2.02. The lowest BCUT2D eigenvalue weighted by Crippen LogP contribution is -2.10. The summed E-state index contributed by atoms with van der Waals surface area (Å²) in [6.45, 7) is 3.88. The number of rotatable bonds is 5. The zero-order valence-electron chi connectivity index (χ0n) is 10.4. The van der Waals surface area contributed by atoms with Crippen molar-refractivity contribution >= 4 is 17.5 Å². The van der Waals surface area contributed by atoms with E-state index in [4.69, 9.17) is 9.47 Å². The molecule has 0 N–H and O–H groups in total. The van der Waals surface area contributed by atoms with Crippen LogP contribution in [0.4, 0.5) is 0 Å². The second-order valence-corrected chi connectivity index (χ2v) is 3.27. The van der Waals surface area contributed by atoms with E-state index in [9.17, 15) is 9.59 Å². The molecule has 0 aliphatic rings.